The molecule has 1 fully saturated rings. The molecule has 2 N–H and O–H groups in total. The second-order valence-corrected chi connectivity index (χ2v) is 6.65. The van der Waals surface area contributed by atoms with Gasteiger partial charge in [0.1, 0.15) is 0 Å². The third-order valence-corrected chi connectivity index (χ3v) is 4.86. The van der Waals surface area contributed by atoms with Crippen LogP contribution in [0.2, 0.25) is 0 Å². The Labute approximate surface area is 122 Å². The van der Waals surface area contributed by atoms with E-state index in [9.17, 15) is 0 Å². The predicted octanol–water partition coefficient (Wildman–Crippen LogP) is 2.71. The average Bonchev–Trinajstić information content (AvgIpc) is 3.23. The van der Waals surface area contributed by atoms with Crippen molar-refractivity contribution >= 4 is 27.8 Å². The van der Waals surface area contributed by atoms with Crippen molar-refractivity contribution in [3.63, 3.8) is 0 Å². The van der Waals surface area contributed by atoms with Gasteiger partial charge in [-0.3, -0.25) is 0 Å². The summed E-state index contributed by atoms with van der Waals surface area (Å²) in [5.41, 5.74) is 8.46. The van der Waals surface area contributed by atoms with Crippen LogP contribution in [-0.4, -0.2) is 24.1 Å². The molecule has 1 saturated carbocycles. The van der Waals surface area contributed by atoms with Crippen LogP contribution in [-0.2, 0) is 6.54 Å². The Balaban J connectivity index is 1.63. The molecule has 2 aliphatic rings. The van der Waals surface area contributed by atoms with Gasteiger partial charge >= 0.3 is 0 Å². The summed E-state index contributed by atoms with van der Waals surface area (Å²) in [5, 5.41) is 0.657. The van der Waals surface area contributed by atoms with Gasteiger partial charge in [0.2, 0.25) is 0 Å². The van der Waals surface area contributed by atoms with Crippen LogP contribution in [0.4, 0.5) is 16.5 Å². The minimum absolute atomic E-state index is 0.657. The minimum atomic E-state index is 0.657. The van der Waals surface area contributed by atoms with E-state index in [0.717, 1.165) is 25.7 Å². The molecule has 1 aromatic carbocycles. The first-order valence-corrected chi connectivity index (χ1v) is 7.94. The monoisotopic (exact) mass is 286 g/mol. The molecule has 104 valence electrons. The fraction of sp³-hybridized carbons (Fsp3) is 0.400. The van der Waals surface area contributed by atoms with Crippen molar-refractivity contribution in [3.8, 4) is 0 Å². The molecule has 0 spiro atoms. The summed E-state index contributed by atoms with van der Waals surface area (Å²) in [6.07, 6.45) is 4.59. The van der Waals surface area contributed by atoms with E-state index in [2.05, 4.69) is 39.0 Å². The number of anilines is 3. The van der Waals surface area contributed by atoms with E-state index in [1.807, 2.05) is 6.20 Å². The summed E-state index contributed by atoms with van der Waals surface area (Å²) < 4.78 is 0. The average molecular weight is 286 g/mol. The molecule has 20 heavy (non-hydrogen) atoms. The highest BCUT2D eigenvalue weighted by Gasteiger charge is 2.33. The lowest BCUT2D eigenvalue weighted by atomic mass is 10.1. The molecular weight excluding hydrogens is 268 g/mol. The topological polar surface area (TPSA) is 45.4 Å². The Bertz CT molecular complexity index is 620. The molecule has 5 heteroatoms. The molecule has 1 aromatic heterocycles. The number of nitrogen functional groups attached to an aromatic ring is 1. The maximum atomic E-state index is 5.73. The van der Waals surface area contributed by atoms with Crippen molar-refractivity contribution in [3.05, 3.63) is 35.3 Å². The van der Waals surface area contributed by atoms with Gasteiger partial charge in [-0.25, -0.2) is 4.98 Å². The van der Waals surface area contributed by atoms with E-state index in [4.69, 9.17) is 5.73 Å². The molecule has 0 unspecified atom stereocenters. The number of rotatable bonds is 3. The maximum absolute atomic E-state index is 5.73. The lowest BCUT2D eigenvalue weighted by Gasteiger charge is -2.39. The fourth-order valence-corrected chi connectivity index (χ4v) is 3.66. The number of benzene rings is 1. The van der Waals surface area contributed by atoms with Gasteiger partial charge in [-0.1, -0.05) is 12.1 Å². The number of para-hydroxylation sites is 2. The first-order valence-electron chi connectivity index (χ1n) is 7.12. The van der Waals surface area contributed by atoms with Crippen molar-refractivity contribution in [1.29, 1.82) is 0 Å². The molecule has 1 aliphatic heterocycles. The van der Waals surface area contributed by atoms with Gasteiger partial charge in [-0.2, -0.15) is 0 Å². The van der Waals surface area contributed by atoms with Gasteiger partial charge in [0.05, 0.1) is 17.9 Å². The third kappa shape index (κ3) is 2.12. The fourth-order valence-electron chi connectivity index (χ4n) is 2.96. The predicted molar refractivity (Wildman–Crippen MR) is 84.4 cm³/mol. The molecule has 0 amide bonds. The molecule has 0 bridgehead atoms. The van der Waals surface area contributed by atoms with Gasteiger partial charge in [0, 0.05) is 30.2 Å². The Morgan fingerprint density at radius 2 is 2.00 bits per heavy atom. The number of nitrogens with zero attached hydrogens (tertiary/aromatic N) is 3. The van der Waals surface area contributed by atoms with Crippen molar-refractivity contribution in [2.45, 2.75) is 25.4 Å². The summed E-state index contributed by atoms with van der Waals surface area (Å²) in [7, 11) is 0. The quantitative estimate of drug-likeness (QED) is 0.942. The molecule has 4 nitrogen and oxygen atoms in total. The van der Waals surface area contributed by atoms with Crippen LogP contribution in [0.15, 0.2) is 30.5 Å². The largest absolute Gasteiger partial charge is 0.375 e. The number of thiazole rings is 1. The zero-order valence-corrected chi connectivity index (χ0v) is 12.1. The Hall–Kier alpha value is -1.75. The molecule has 0 saturated heterocycles. The van der Waals surface area contributed by atoms with Gasteiger partial charge in [-0.15, -0.1) is 11.3 Å². The summed E-state index contributed by atoms with van der Waals surface area (Å²) in [4.78, 5) is 10.4. The zero-order valence-electron chi connectivity index (χ0n) is 11.3. The Morgan fingerprint density at radius 1 is 1.20 bits per heavy atom. The zero-order chi connectivity index (χ0) is 13.5. The SMILES string of the molecule is Nc1ncc(CN2CCN(C3CC3)c3ccccc32)s1. The molecule has 0 atom stereocenters. The van der Waals surface area contributed by atoms with E-state index in [-0.39, 0.29) is 0 Å². The van der Waals surface area contributed by atoms with E-state index in [0.29, 0.717) is 5.13 Å². The molecule has 4 rings (SSSR count). The first-order chi connectivity index (χ1) is 9.81. The first kappa shape index (κ1) is 12.0. The highest BCUT2D eigenvalue weighted by atomic mass is 32.1. The van der Waals surface area contributed by atoms with Crippen LogP contribution in [0.1, 0.15) is 17.7 Å². The van der Waals surface area contributed by atoms with Crippen molar-refractivity contribution in [1.82, 2.24) is 4.98 Å². The van der Waals surface area contributed by atoms with Crippen LogP contribution in [0.25, 0.3) is 0 Å². The minimum Gasteiger partial charge on any atom is -0.375 e. The summed E-state index contributed by atoms with van der Waals surface area (Å²) in [6, 6.07) is 9.53. The van der Waals surface area contributed by atoms with Crippen molar-refractivity contribution in [2.24, 2.45) is 0 Å². The third-order valence-electron chi connectivity index (χ3n) is 4.05. The second-order valence-electron chi connectivity index (χ2n) is 5.50. The summed E-state index contributed by atoms with van der Waals surface area (Å²) in [6.45, 7) is 3.10. The number of nitrogens with two attached hydrogens (primary N) is 1. The maximum Gasteiger partial charge on any atom is 0.180 e. The van der Waals surface area contributed by atoms with Crippen LogP contribution in [0.5, 0.6) is 0 Å². The van der Waals surface area contributed by atoms with E-state index in [1.54, 1.807) is 11.3 Å². The summed E-state index contributed by atoms with van der Waals surface area (Å²) in [5.74, 6) is 0. The lowest BCUT2D eigenvalue weighted by Crippen LogP contribution is -2.41. The van der Waals surface area contributed by atoms with Gasteiger partial charge in [0.25, 0.3) is 0 Å². The van der Waals surface area contributed by atoms with Crippen molar-refractivity contribution < 1.29 is 0 Å². The summed E-state index contributed by atoms with van der Waals surface area (Å²) >= 11 is 1.59. The highest BCUT2D eigenvalue weighted by molar-refractivity contribution is 7.15. The Kier molecular flexibility index (Phi) is 2.80. The molecular formula is C15H18N4S. The standard InChI is InChI=1S/C15H18N4S/c16-15-17-9-12(20-15)10-18-7-8-19(11-5-6-11)14-4-2-1-3-13(14)18/h1-4,9,11H,5-8,10H2,(H2,16,17). The van der Waals surface area contributed by atoms with Crippen LogP contribution >= 0.6 is 11.3 Å². The molecule has 2 heterocycles. The smallest absolute Gasteiger partial charge is 0.180 e. The van der Waals surface area contributed by atoms with Gasteiger partial charge in [0.15, 0.2) is 5.13 Å². The molecule has 2 aromatic rings. The number of hydrogen-bond donors (Lipinski definition) is 1. The van der Waals surface area contributed by atoms with E-state index < -0.39 is 0 Å². The van der Waals surface area contributed by atoms with Crippen LogP contribution in [0.3, 0.4) is 0 Å². The van der Waals surface area contributed by atoms with E-state index in [1.165, 1.54) is 29.1 Å². The number of hydrogen-bond acceptors (Lipinski definition) is 5. The molecule has 0 radical (unpaired) electrons. The van der Waals surface area contributed by atoms with Crippen LogP contribution in [0, 0.1) is 0 Å². The van der Waals surface area contributed by atoms with Crippen LogP contribution < -0.4 is 15.5 Å². The van der Waals surface area contributed by atoms with Gasteiger partial charge in [-0.05, 0) is 25.0 Å². The number of fused-ring (bicyclic) bond motifs is 1. The molecule has 1 aliphatic carbocycles. The van der Waals surface area contributed by atoms with Gasteiger partial charge < -0.3 is 15.5 Å². The lowest BCUT2D eigenvalue weighted by molar-refractivity contribution is 0.695. The highest BCUT2D eigenvalue weighted by Crippen LogP contribution is 2.40. The van der Waals surface area contributed by atoms with E-state index >= 15 is 0 Å². The van der Waals surface area contributed by atoms with Crippen molar-refractivity contribution in [2.75, 3.05) is 28.6 Å². The Morgan fingerprint density at radius 3 is 2.70 bits per heavy atom. The number of aromatic nitrogens is 1. The second kappa shape index (κ2) is 4.66. The normalized spacial score (nSPS) is 18.2.